The van der Waals surface area contributed by atoms with Gasteiger partial charge in [0.05, 0.1) is 13.2 Å². The largest absolute Gasteiger partial charge is 0.468 e. The van der Waals surface area contributed by atoms with Gasteiger partial charge in [0.2, 0.25) is 5.83 Å². The van der Waals surface area contributed by atoms with Crippen molar-refractivity contribution in [2.45, 2.75) is 55.7 Å². The van der Waals surface area contributed by atoms with Crippen molar-refractivity contribution in [1.29, 1.82) is 0 Å². The molecule has 1 N–H and O–H groups in total. The SMILES string of the molecule is C=C(F)C(=O)OC(OCCCCC(F)(F)C(F)(F)S(=O)(=O)O)(C(=O)OCCC)C(F)(F)F. The molecule has 0 spiro atoms. The number of hydrogen-bond donors (Lipinski definition) is 1. The minimum Gasteiger partial charge on any atom is -0.461 e. The summed E-state index contributed by atoms with van der Waals surface area (Å²) in [5.41, 5.74) is 0. The minimum absolute atomic E-state index is 0.000498. The Morgan fingerprint density at radius 3 is 1.94 bits per heavy atom. The molecule has 8 nitrogen and oxygen atoms in total. The van der Waals surface area contributed by atoms with Gasteiger partial charge in [0.15, 0.2) is 0 Å². The number of halogens is 8. The number of esters is 2. The summed E-state index contributed by atoms with van der Waals surface area (Å²) in [5.74, 6) is -16.6. The topological polar surface area (TPSA) is 116 Å². The molecule has 0 bridgehead atoms. The van der Waals surface area contributed by atoms with Crippen LogP contribution in [0.15, 0.2) is 12.4 Å². The van der Waals surface area contributed by atoms with E-state index in [1.54, 1.807) is 0 Å². The van der Waals surface area contributed by atoms with Crippen molar-refractivity contribution < 1.29 is 71.9 Å². The van der Waals surface area contributed by atoms with E-state index in [1.165, 1.54) is 6.92 Å². The van der Waals surface area contributed by atoms with Crippen LogP contribution in [0, 0.1) is 0 Å². The molecule has 0 aromatic carbocycles. The zero-order valence-corrected chi connectivity index (χ0v) is 17.0. The lowest BCUT2D eigenvalue weighted by molar-refractivity contribution is -0.355. The molecular formula is C15H18F8O8S. The standard InChI is InChI=1S/C15H18F8O8S/c1-3-7-29-11(25)13(14(19,20)21,31-10(24)9(2)16)30-8-5-4-6-12(17,18)15(22,23)32(26,27)28/h2-8H2,1H3,(H,26,27,28). The van der Waals surface area contributed by atoms with E-state index in [9.17, 15) is 53.1 Å². The molecule has 0 aliphatic rings. The zero-order chi connectivity index (χ0) is 25.6. The van der Waals surface area contributed by atoms with E-state index < -0.39 is 83.5 Å². The number of alkyl halides is 7. The highest BCUT2D eigenvalue weighted by atomic mass is 32.2. The van der Waals surface area contributed by atoms with Crippen LogP contribution in [0.1, 0.15) is 32.6 Å². The smallest absolute Gasteiger partial charge is 0.461 e. The summed E-state index contributed by atoms with van der Waals surface area (Å²) in [7, 11) is -6.51. The van der Waals surface area contributed by atoms with Crippen molar-refractivity contribution in [1.82, 2.24) is 0 Å². The zero-order valence-electron chi connectivity index (χ0n) is 16.2. The van der Waals surface area contributed by atoms with Gasteiger partial charge in [0.25, 0.3) is 0 Å². The molecule has 0 saturated heterocycles. The van der Waals surface area contributed by atoms with Gasteiger partial charge in [-0.25, -0.2) is 9.59 Å². The molecule has 32 heavy (non-hydrogen) atoms. The Labute approximate surface area is 176 Å². The third-order valence-electron chi connectivity index (χ3n) is 3.48. The lowest BCUT2D eigenvalue weighted by atomic mass is 10.1. The summed E-state index contributed by atoms with van der Waals surface area (Å²) in [6.07, 6.45) is -9.86. The summed E-state index contributed by atoms with van der Waals surface area (Å²) >= 11 is 0. The van der Waals surface area contributed by atoms with Crippen molar-refractivity contribution in [3.05, 3.63) is 12.4 Å². The first-order valence-electron chi connectivity index (χ1n) is 8.45. The Balaban J connectivity index is 5.49. The first-order valence-corrected chi connectivity index (χ1v) is 9.89. The fourth-order valence-corrected chi connectivity index (χ4v) is 2.34. The van der Waals surface area contributed by atoms with E-state index in [4.69, 9.17) is 4.55 Å². The number of carbonyl (C=O) groups is 2. The number of unbranched alkanes of at least 4 members (excludes halogenated alkanes) is 1. The predicted molar refractivity (Wildman–Crippen MR) is 87.6 cm³/mol. The molecule has 0 aromatic rings. The summed E-state index contributed by atoms with van der Waals surface area (Å²) in [6, 6.07) is 0. The highest BCUT2D eigenvalue weighted by molar-refractivity contribution is 7.87. The van der Waals surface area contributed by atoms with E-state index in [0.717, 1.165) is 0 Å². The summed E-state index contributed by atoms with van der Waals surface area (Å²) in [4.78, 5) is 23.1. The summed E-state index contributed by atoms with van der Waals surface area (Å²) < 4.78 is 147. The highest BCUT2D eigenvalue weighted by Crippen LogP contribution is 2.42. The molecule has 0 rings (SSSR count). The predicted octanol–water partition coefficient (Wildman–Crippen LogP) is 3.53. The van der Waals surface area contributed by atoms with Crippen LogP contribution in [0.2, 0.25) is 0 Å². The Hall–Kier alpha value is -2.01. The van der Waals surface area contributed by atoms with Crippen LogP contribution in [0.3, 0.4) is 0 Å². The number of hydrogen-bond acceptors (Lipinski definition) is 7. The first-order chi connectivity index (χ1) is 14.3. The Bertz CT molecular complexity index is 796. The molecule has 0 saturated carbocycles. The first kappa shape index (κ1) is 30.0. The fourth-order valence-electron chi connectivity index (χ4n) is 1.86. The van der Waals surface area contributed by atoms with Crippen LogP contribution in [0.4, 0.5) is 35.1 Å². The van der Waals surface area contributed by atoms with Crippen molar-refractivity contribution in [3.8, 4) is 0 Å². The van der Waals surface area contributed by atoms with E-state index >= 15 is 0 Å². The van der Waals surface area contributed by atoms with Crippen molar-refractivity contribution in [2.75, 3.05) is 13.2 Å². The molecule has 1 unspecified atom stereocenters. The summed E-state index contributed by atoms with van der Waals surface area (Å²) in [6.45, 7) is 1.79. The van der Waals surface area contributed by atoms with Crippen LogP contribution in [0.25, 0.3) is 0 Å². The quantitative estimate of drug-likeness (QED) is 0.1000. The normalized spacial score (nSPS) is 15.1. The Morgan fingerprint density at radius 1 is 1.00 bits per heavy atom. The van der Waals surface area contributed by atoms with Gasteiger partial charge in [-0.3, -0.25) is 4.55 Å². The van der Waals surface area contributed by atoms with Gasteiger partial charge in [-0.05, 0) is 19.3 Å². The fraction of sp³-hybridized carbons (Fsp3) is 0.733. The third-order valence-corrected chi connectivity index (χ3v) is 4.42. The molecule has 188 valence electrons. The maximum atomic E-state index is 13.5. The average molecular weight is 510 g/mol. The molecule has 0 aliphatic carbocycles. The highest BCUT2D eigenvalue weighted by Gasteiger charge is 2.68. The lowest BCUT2D eigenvalue weighted by Gasteiger charge is -2.32. The second-order valence-electron chi connectivity index (χ2n) is 6.05. The molecule has 0 aromatic heterocycles. The van der Waals surface area contributed by atoms with Gasteiger partial charge < -0.3 is 14.2 Å². The Kier molecular flexibility index (Phi) is 10.1. The number of rotatable bonds is 13. The average Bonchev–Trinajstić information content (AvgIpc) is 2.62. The van der Waals surface area contributed by atoms with Gasteiger partial charge in [-0.2, -0.15) is 43.5 Å². The van der Waals surface area contributed by atoms with Gasteiger partial charge >= 0.3 is 45.2 Å². The monoisotopic (exact) mass is 510 g/mol. The number of ether oxygens (including phenoxy) is 3. The van der Waals surface area contributed by atoms with Crippen LogP contribution in [0.5, 0.6) is 0 Å². The number of carbonyl (C=O) groups excluding carboxylic acids is 2. The van der Waals surface area contributed by atoms with Crippen LogP contribution < -0.4 is 0 Å². The summed E-state index contributed by atoms with van der Waals surface area (Å²) in [5, 5.41) is -5.89. The molecule has 0 aliphatic heterocycles. The maximum Gasteiger partial charge on any atom is 0.468 e. The maximum absolute atomic E-state index is 13.5. The molecule has 0 amide bonds. The van der Waals surface area contributed by atoms with Crippen molar-refractivity contribution in [2.24, 2.45) is 0 Å². The van der Waals surface area contributed by atoms with E-state index in [2.05, 4.69) is 20.8 Å². The minimum atomic E-state index is -6.51. The van der Waals surface area contributed by atoms with Crippen LogP contribution in [-0.4, -0.2) is 61.3 Å². The molecule has 0 fully saturated rings. The van der Waals surface area contributed by atoms with E-state index in [1.807, 2.05) is 0 Å². The Morgan fingerprint density at radius 2 is 1.53 bits per heavy atom. The van der Waals surface area contributed by atoms with Gasteiger partial charge in [-0.1, -0.05) is 13.5 Å². The molecule has 17 heteroatoms. The second kappa shape index (κ2) is 10.7. The van der Waals surface area contributed by atoms with Gasteiger partial charge in [-0.15, -0.1) is 0 Å². The second-order valence-corrected chi connectivity index (χ2v) is 7.51. The van der Waals surface area contributed by atoms with Crippen molar-refractivity contribution >= 4 is 22.1 Å². The lowest BCUT2D eigenvalue weighted by Crippen LogP contribution is -2.58. The molecule has 0 heterocycles. The van der Waals surface area contributed by atoms with Crippen LogP contribution in [-0.2, 0) is 33.9 Å². The molecular weight excluding hydrogens is 492 g/mol. The third kappa shape index (κ3) is 6.99. The van der Waals surface area contributed by atoms with Crippen molar-refractivity contribution in [3.63, 3.8) is 0 Å². The van der Waals surface area contributed by atoms with E-state index in [0.29, 0.717) is 0 Å². The van der Waals surface area contributed by atoms with Crippen LogP contribution >= 0.6 is 0 Å². The molecule has 0 radical (unpaired) electrons. The van der Waals surface area contributed by atoms with E-state index in [-0.39, 0.29) is 6.42 Å². The molecule has 1 atom stereocenters. The van der Waals surface area contributed by atoms with Gasteiger partial charge in [0, 0.05) is 6.42 Å². The van der Waals surface area contributed by atoms with Gasteiger partial charge in [0.1, 0.15) is 0 Å².